The van der Waals surface area contributed by atoms with Crippen LogP contribution >= 0.6 is 0 Å². The summed E-state index contributed by atoms with van der Waals surface area (Å²) in [6.45, 7) is 5.98. The zero-order valence-corrected chi connectivity index (χ0v) is 9.20. The van der Waals surface area contributed by atoms with E-state index in [0.717, 1.165) is 26.0 Å². The Bertz CT molecular complexity index is 120. The first-order valence-electron chi connectivity index (χ1n) is 5.28. The van der Waals surface area contributed by atoms with Crippen LogP contribution in [0.5, 0.6) is 0 Å². The molecule has 4 nitrogen and oxygen atoms in total. The zero-order valence-electron chi connectivity index (χ0n) is 9.20. The molecule has 0 aromatic heterocycles. The first-order valence-corrected chi connectivity index (χ1v) is 5.28. The lowest BCUT2D eigenvalue weighted by Crippen LogP contribution is -2.30. The maximum Gasteiger partial charge on any atom is 0.0894 e. The summed E-state index contributed by atoms with van der Waals surface area (Å²) >= 11 is 0. The number of aliphatic hydroxyl groups is 2. The minimum absolute atomic E-state index is 0.177. The Morgan fingerprint density at radius 2 is 2.00 bits per heavy atom. The molecule has 0 radical (unpaired) electrons. The summed E-state index contributed by atoms with van der Waals surface area (Å²) < 4.78 is 5.37. The van der Waals surface area contributed by atoms with Crippen LogP contribution in [0.15, 0.2) is 0 Å². The van der Waals surface area contributed by atoms with Gasteiger partial charge in [0.05, 0.1) is 18.8 Å². The van der Waals surface area contributed by atoms with E-state index in [-0.39, 0.29) is 6.61 Å². The molecule has 0 saturated carbocycles. The van der Waals surface area contributed by atoms with Crippen molar-refractivity contribution in [1.29, 1.82) is 0 Å². The highest BCUT2D eigenvalue weighted by Crippen LogP contribution is 1.93. The van der Waals surface area contributed by atoms with Gasteiger partial charge in [-0.15, -0.1) is 0 Å². The molecule has 0 heterocycles. The van der Waals surface area contributed by atoms with Crippen LogP contribution in [0, 0.1) is 0 Å². The van der Waals surface area contributed by atoms with E-state index in [1.165, 1.54) is 0 Å². The van der Waals surface area contributed by atoms with E-state index in [1.54, 1.807) is 0 Å². The maximum absolute atomic E-state index is 9.00. The van der Waals surface area contributed by atoms with Gasteiger partial charge in [0.25, 0.3) is 0 Å². The molecular weight excluding hydrogens is 182 g/mol. The zero-order chi connectivity index (χ0) is 10.8. The lowest BCUT2D eigenvalue weighted by molar-refractivity contribution is 0.0751. The van der Waals surface area contributed by atoms with Crippen molar-refractivity contribution in [1.82, 2.24) is 5.32 Å². The molecule has 0 aromatic carbocycles. The Kier molecular flexibility index (Phi) is 9.29. The Hall–Kier alpha value is -0.160. The molecule has 3 N–H and O–H groups in total. The molecule has 4 heteroatoms. The van der Waals surface area contributed by atoms with E-state index in [0.29, 0.717) is 12.6 Å². The van der Waals surface area contributed by atoms with Crippen LogP contribution in [-0.2, 0) is 4.74 Å². The van der Waals surface area contributed by atoms with E-state index < -0.39 is 6.10 Å². The summed E-state index contributed by atoms with van der Waals surface area (Å²) in [6.07, 6.45) is 1.73. The Morgan fingerprint density at radius 3 is 2.57 bits per heavy atom. The maximum atomic E-state index is 9.00. The molecule has 0 aromatic rings. The molecule has 0 rings (SSSR count). The molecule has 14 heavy (non-hydrogen) atoms. The average molecular weight is 205 g/mol. The van der Waals surface area contributed by atoms with Crippen LogP contribution in [0.4, 0.5) is 0 Å². The van der Waals surface area contributed by atoms with E-state index >= 15 is 0 Å². The molecule has 1 atom stereocenters. The van der Waals surface area contributed by atoms with Crippen LogP contribution in [-0.4, -0.2) is 48.7 Å². The van der Waals surface area contributed by atoms with Crippen LogP contribution in [0.2, 0.25) is 0 Å². The number of rotatable bonds is 9. The first-order chi connectivity index (χ1) is 6.66. The molecule has 0 fully saturated rings. The smallest absolute Gasteiger partial charge is 0.0894 e. The van der Waals surface area contributed by atoms with Crippen molar-refractivity contribution in [3.63, 3.8) is 0 Å². The Balaban J connectivity index is 2.99. The highest BCUT2D eigenvalue weighted by atomic mass is 16.5. The van der Waals surface area contributed by atoms with Gasteiger partial charge < -0.3 is 20.3 Å². The second-order valence-corrected chi connectivity index (χ2v) is 3.67. The molecule has 0 spiro atoms. The van der Waals surface area contributed by atoms with Crippen molar-refractivity contribution in [3.05, 3.63) is 0 Å². The van der Waals surface area contributed by atoms with Gasteiger partial charge in [0, 0.05) is 13.2 Å². The number of nitrogens with one attached hydrogen (secondary N) is 1. The fraction of sp³-hybridized carbons (Fsp3) is 1.00. The molecule has 0 aliphatic heterocycles. The third kappa shape index (κ3) is 9.92. The van der Waals surface area contributed by atoms with Gasteiger partial charge in [-0.3, -0.25) is 0 Å². The van der Waals surface area contributed by atoms with E-state index in [2.05, 4.69) is 5.32 Å². The summed E-state index contributed by atoms with van der Waals surface area (Å²) in [5.41, 5.74) is 0. The first kappa shape index (κ1) is 13.8. The summed E-state index contributed by atoms with van der Waals surface area (Å²) in [7, 11) is 0. The van der Waals surface area contributed by atoms with Gasteiger partial charge >= 0.3 is 0 Å². The molecular formula is C10H23NO3. The summed E-state index contributed by atoms with van der Waals surface area (Å²) in [5.74, 6) is 0. The minimum atomic E-state index is -0.637. The molecule has 0 saturated heterocycles. The molecule has 86 valence electrons. The number of aliphatic hydroxyl groups excluding tert-OH is 2. The molecule has 0 bridgehead atoms. The average Bonchev–Trinajstić information content (AvgIpc) is 2.15. The predicted octanol–water partition coefficient (Wildman–Crippen LogP) is 0.134. The largest absolute Gasteiger partial charge is 0.394 e. The number of hydrogen-bond acceptors (Lipinski definition) is 4. The van der Waals surface area contributed by atoms with Crippen molar-refractivity contribution >= 4 is 0 Å². The monoisotopic (exact) mass is 205 g/mol. The molecule has 0 aliphatic rings. The highest BCUT2D eigenvalue weighted by molar-refractivity contribution is 4.56. The standard InChI is InChI=1S/C10H23NO3/c1-9(2)14-6-4-3-5-11-7-10(13)8-12/h9-13H,3-8H2,1-2H3/t10-/m0/s1. The van der Waals surface area contributed by atoms with Gasteiger partial charge in [-0.1, -0.05) is 0 Å². The SMILES string of the molecule is CC(C)OCCCCNC[C@H](O)CO. The number of hydrogen-bond donors (Lipinski definition) is 3. The fourth-order valence-electron chi connectivity index (χ4n) is 1.00. The fourth-order valence-corrected chi connectivity index (χ4v) is 1.00. The summed E-state index contributed by atoms with van der Waals surface area (Å²) in [6, 6.07) is 0. The predicted molar refractivity (Wildman–Crippen MR) is 56.3 cm³/mol. The normalized spacial score (nSPS) is 13.5. The van der Waals surface area contributed by atoms with Crippen LogP contribution in [0.1, 0.15) is 26.7 Å². The lowest BCUT2D eigenvalue weighted by atomic mass is 10.3. The number of ether oxygens (including phenoxy) is 1. The lowest BCUT2D eigenvalue weighted by Gasteiger charge is -2.09. The third-order valence-corrected chi connectivity index (χ3v) is 1.79. The van der Waals surface area contributed by atoms with Crippen LogP contribution in [0.25, 0.3) is 0 Å². The minimum Gasteiger partial charge on any atom is -0.394 e. The van der Waals surface area contributed by atoms with E-state index in [4.69, 9.17) is 14.9 Å². The van der Waals surface area contributed by atoms with Crippen molar-refractivity contribution in [2.75, 3.05) is 26.3 Å². The van der Waals surface area contributed by atoms with Crippen molar-refractivity contribution in [2.24, 2.45) is 0 Å². The van der Waals surface area contributed by atoms with Gasteiger partial charge in [0.2, 0.25) is 0 Å². The molecule has 0 amide bonds. The topological polar surface area (TPSA) is 61.7 Å². The van der Waals surface area contributed by atoms with Crippen LogP contribution in [0.3, 0.4) is 0 Å². The second-order valence-electron chi connectivity index (χ2n) is 3.67. The summed E-state index contributed by atoms with van der Waals surface area (Å²) in [5, 5.41) is 20.6. The van der Waals surface area contributed by atoms with Gasteiger partial charge in [0.15, 0.2) is 0 Å². The highest BCUT2D eigenvalue weighted by Gasteiger charge is 1.99. The Morgan fingerprint density at radius 1 is 1.29 bits per heavy atom. The van der Waals surface area contributed by atoms with Crippen molar-refractivity contribution < 1.29 is 14.9 Å². The van der Waals surface area contributed by atoms with E-state index in [9.17, 15) is 0 Å². The van der Waals surface area contributed by atoms with Gasteiger partial charge in [-0.2, -0.15) is 0 Å². The van der Waals surface area contributed by atoms with Gasteiger partial charge in [0.1, 0.15) is 0 Å². The molecule has 0 unspecified atom stereocenters. The quantitative estimate of drug-likeness (QED) is 0.468. The second kappa shape index (κ2) is 9.40. The number of unbranched alkanes of at least 4 members (excludes halogenated alkanes) is 1. The van der Waals surface area contributed by atoms with Crippen LogP contribution < -0.4 is 5.32 Å². The molecule has 0 aliphatic carbocycles. The third-order valence-electron chi connectivity index (χ3n) is 1.79. The van der Waals surface area contributed by atoms with Crippen molar-refractivity contribution in [2.45, 2.75) is 38.9 Å². The van der Waals surface area contributed by atoms with Crippen molar-refractivity contribution in [3.8, 4) is 0 Å². The Labute approximate surface area is 86.3 Å². The van der Waals surface area contributed by atoms with E-state index in [1.807, 2.05) is 13.8 Å². The summed E-state index contributed by atoms with van der Waals surface area (Å²) in [4.78, 5) is 0. The van der Waals surface area contributed by atoms with Gasteiger partial charge in [-0.05, 0) is 33.2 Å². The van der Waals surface area contributed by atoms with Gasteiger partial charge in [-0.25, -0.2) is 0 Å².